The third-order valence-corrected chi connectivity index (χ3v) is 3.64. The molecule has 0 aromatic rings. The molecule has 0 aromatic carbocycles. The monoisotopic (exact) mass is 233 g/mol. The fourth-order valence-corrected chi connectivity index (χ4v) is 2.05. The molecule has 1 saturated heterocycles. The lowest BCUT2D eigenvalue weighted by molar-refractivity contribution is 0.217. The van der Waals surface area contributed by atoms with Gasteiger partial charge in [0.15, 0.2) is 0 Å². The second-order valence-electron chi connectivity index (χ2n) is 3.40. The molecule has 1 heterocycles. The van der Waals surface area contributed by atoms with Gasteiger partial charge in [0.1, 0.15) is 0 Å². The number of hydrogen-bond donors (Lipinski definition) is 2. The Kier molecular flexibility index (Phi) is 5.63. The van der Waals surface area contributed by atoms with Gasteiger partial charge in [0.2, 0.25) is 0 Å². The van der Waals surface area contributed by atoms with Crippen molar-refractivity contribution >= 4 is 16.8 Å². The van der Waals surface area contributed by atoms with Crippen LogP contribution in [-0.2, 0) is 10.8 Å². The third-order valence-electron chi connectivity index (χ3n) is 2.33. The first-order valence-corrected chi connectivity index (χ1v) is 6.81. The lowest BCUT2D eigenvalue weighted by atomic mass is 10.5. The zero-order valence-corrected chi connectivity index (χ0v) is 9.94. The van der Waals surface area contributed by atoms with Crippen molar-refractivity contribution in [3.63, 3.8) is 0 Å². The Hall–Kier alpha value is -0.620. The largest absolute Gasteiger partial charge is 0.336 e. The molecule has 0 spiro atoms. The van der Waals surface area contributed by atoms with Crippen LogP contribution in [-0.4, -0.2) is 59.4 Å². The summed E-state index contributed by atoms with van der Waals surface area (Å²) < 4.78 is 11.1. The molecule has 5 nitrogen and oxygen atoms in total. The first kappa shape index (κ1) is 12.4. The lowest BCUT2D eigenvalue weighted by Gasteiger charge is -2.13. The van der Waals surface area contributed by atoms with Crippen LogP contribution in [0.5, 0.6) is 0 Å². The van der Waals surface area contributed by atoms with Crippen LogP contribution in [0.25, 0.3) is 0 Å². The number of urea groups is 1. The first-order valence-electron chi connectivity index (χ1n) is 5.32. The molecule has 0 saturated carbocycles. The Balaban J connectivity index is 1.97. The highest BCUT2D eigenvalue weighted by Gasteiger charge is 2.17. The van der Waals surface area contributed by atoms with Gasteiger partial charge in [0.25, 0.3) is 0 Å². The Morgan fingerprint density at radius 2 is 2.33 bits per heavy atom. The highest BCUT2D eigenvalue weighted by Crippen LogP contribution is 1.94. The van der Waals surface area contributed by atoms with Crippen molar-refractivity contribution < 1.29 is 9.00 Å². The predicted molar refractivity (Wildman–Crippen MR) is 61.4 cm³/mol. The minimum Gasteiger partial charge on any atom is -0.336 e. The average molecular weight is 233 g/mol. The van der Waals surface area contributed by atoms with Gasteiger partial charge >= 0.3 is 6.03 Å². The van der Waals surface area contributed by atoms with Crippen LogP contribution in [0.1, 0.15) is 6.92 Å². The predicted octanol–water partition coefficient (Wildman–Crippen LogP) is -0.630. The summed E-state index contributed by atoms with van der Waals surface area (Å²) in [5, 5.41) is 5.93. The van der Waals surface area contributed by atoms with E-state index in [4.69, 9.17) is 0 Å². The minimum absolute atomic E-state index is 0.0222. The molecule has 2 N–H and O–H groups in total. The topological polar surface area (TPSA) is 61.4 Å². The normalized spacial score (nSPS) is 17.9. The van der Waals surface area contributed by atoms with Gasteiger partial charge in [-0.15, -0.1) is 0 Å². The molecular formula is C9H19N3O2S. The second kappa shape index (κ2) is 6.79. The Labute approximate surface area is 93.0 Å². The van der Waals surface area contributed by atoms with Gasteiger partial charge < -0.3 is 15.5 Å². The molecule has 88 valence electrons. The number of rotatable bonds is 7. The van der Waals surface area contributed by atoms with Crippen molar-refractivity contribution in [2.45, 2.75) is 6.92 Å². The summed E-state index contributed by atoms with van der Waals surface area (Å²) in [6, 6.07) is 0.0222. The van der Waals surface area contributed by atoms with Gasteiger partial charge in [0, 0.05) is 55.0 Å². The fourth-order valence-electron chi connectivity index (χ4n) is 1.39. The highest BCUT2D eigenvalue weighted by molar-refractivity contribution is 7.84. The van der Waals surface area contributed by atoms with E-state index < -0.39 is 10.8 Å². The van der Waals surface area contributed by atoms with E-state index in [1.165, 1.54) is 0 Å². The molecule has 0 radical (unpaired) electrons. The maximum Gasteiger partial charge on any atom is 0.317 e. The zero-order valence-electron chi connectivity index (χ0n) is 9.12. The second-order valence-corrected chi connectivity index (χ2v) is 5.27. The molecule has 1 rings (SSSR count). The molecule has 0 aliphatic carbocycles. The number of amides is 2. The van der Waals surface area contributed by atoms with Crippen molar-refractivity contribution in [3.05, 3.63) is 0 Å². The van der Waals surface area contributed by atoms with Crippen molar-refractivity contribution in [1.82, 2.24) is 15.5 Å². The van der Waals surface area contributed by atoms with E-state index in [0.29, 0.717) is 5.75 Å². The summed E-state index contributed by atoms with van der Waals surface area (Å²) in [5.74, 6) is 1.42. The molecule has 1 unspecified atom stereocenters. The van der Waals surface area contributed by atoms with Gasteiger partial charge in [-0.25, -0.2) is 4.79 Å². The molecule has 1 atom stereocenters. The summed E-state index contributed by atoms with van der Waals surface area (Å²) in [6.07, 6.45) is 0. The summed E-state index contributed by atoms with van der Waals surface area (Å²) in [4.78, 5) is 12.9. The molecule has 2 amide bonds. The van der Waals surface area contributed by atoms with Crippen molar-refractivity contribution in [2.75, 3.05) is 44.2 Å². The van der Waals surface area contributed by atoms with Crippen LogP contribution in [0, 0.1) is 0 Å². The number of nitrogens with one attached hydrogen (secondary N) is 2. The summed E-state index contributed by atoms with van der Waals surface area (Å²) >= 11 is 0. The van der Waals surface area contributed by atoms with Gasteiger partial charge in [0.05, 0.1) is 0 Å². The Morgan fingerprint density at radius 3 is 2.93 bits per heavy atom. The van der Waals surface area contributed by atoms with Crippen molar-refractivity contribution in [2.24, 2.45) is 0 Å². The number of hydrogen-bond acceptors (Lipinski definition) is 3. The first-order chi connectivity index (χ1) is 7.24. The summed E-state index contributed by atoms with van der Waals surface area (Å²) in [7, 11) is -0.695. The average Bonchev–Trinajstić information content (AvgIpc) is 2.63. The lowest BCUT2D eigenvalue weighted by Crippen LogP contribution is -2.35. The van der Waals surface area contributed by atoms with E-state index in [1.54, 1.807) is 4.90 Å². The maximum atomic E-state index is 11.1. The molecule has 0 bridgehead atoms. The van der Waals surface area contributed by atoms with E-state index in [-0.39, 0.29) is 6.03 Å². The van der Waals surface area contributed by atoms with E-state index in [9.17, 15) is 9.00 Å². The van der Waals surface area contributed by atoms with Crippen LogP contribution in [0.15, 0.2) is 0 Å². The molecule has 15 heavy (non-hydrogen) atoms. The minimum atomic E-state index is -0.695. The van der Waals surface area contributed by atoms with Gasteiger partial charge in [-0.1, -0.05) is 6.92 Å². The number of carbonyl (C=O) groups is 1. The van der Waals surface area contributed by atoms with E-state index >= 15 is 0 Å². The van der Waals surface area contributed by atoms with Crippen LogP contribution in [0.4, 0.5) is 4.79 Å². The van der Waals surface area contributed by atoms with E-state index in [1.807, 2.05) is 6.92 Å². The van der Waals surface area contributed by atoms with Crippen molar-refractivity contribution in [3.8, 4) is 0 Å². The van der Waals surface area contributed by atoms with E-state index in [0.717, 1.165) is 38.5 Å². The van der Waals surface area contributed by atoms with Crippen LogP contribution in [0.2, 0.25) is 0 Å². The highest BCUT2D eigenvalue weighted by atomic mass is 32.2. The van der Waals surface area contributed by atoms with Crippen LogP contribution < -0.4 is 10.6 Å². The molecular weight excluding hydrogens is 214 g/mol. The number of carbonyl (C=O) groups excluding carboxylic acids is 1. The molecule has 1 aliphatic rings. The smallest absolute Gasteiger partial charge is 0.317 e. The van der Waals surface area contributed by atoms with Crippen molar-refractivity contribution in [1.29, 1.82) is 0 Å². The Morgan fingerprint density at radius 1 is 1.53 bits per heavy atom. The number of nitrogens with zero attached hydrogens (tertiary/aromatic N) is 1. The molecule has 1 aliphatic heterocycles. The van der Waals surface area contributed by atoms with Crippen LogP contribution in [0.3, 0.4) is 0 Å². The SMILES string of the molecule is CCS(=O)CCNCCN1CCNC1=O. The quantitative estimate of drug-likeness (QED) is 0.576. The zero-order chi connectivity index (χ0) is 11.1. The standard InChI is InChI=1S/C9H19N3O2S/c1-2-15(14)8-5-10-3-6-12-7-4-11-9(12)13/h10H,2-8H2,1H3,(H,11,13). The fraction of sp³-hybridized carbons (Fsp3) is 0.889. The Bertz CT molecular complexity index is 235. The molecule has 6 heteroatoms. The van der Waals surface area contributed by atoms with Gasteiger partial charge in [-0.05, 0) is 0 Å². The maximum absolute atomic E-state index is 11.1. The van der Waals surface area contributed by atoms with Crippen LogP contribution >= 0.6 is 0 Å². The van der Waals surface area contributed by atoms with Gasteiger partial charge in [-0.2, -0.15) is 0 Å². The van der Waals surface area contributed by atoms with E-state index in [2.05, 4.69) is 10.6 Å². The third kappa shape index (κ3) is 4.61. The molecule has 1 fully saturated rings. The van der Waals surface area contributed by atoms with Gasteiger partial charge in [-0.3, -0.25) is 4.21 Å². The summed E-state index contributed by atoms with van der Waals surface area (Å²) in [6.45, 7) is 5.72. The summed E-state index contributed by atoms with van der Waals surface area (Å²) in [5.41, 5.74) is 0. The molecule has 0 aromatic heterocycles.